The molecule has 4 aliphatic heterocycles. The summed E-state index contributed by atoms with van der Waals surface area (Å²) in [4.78, 5) is 25.4. The molecule has 4 saturated heterocycles. The van der Waals surface area contributed by atoms with Gasteiger partial charge in [-0.2, -0.15) is 0 Å². The van der Waals surface area contributed by atoms with Crippen molar-refractivity contribution in [2.24, 2.45) is 22.7 Å². The van der Waals surface area contributed by atoms with Crippen LogP contribution in [-0.4, -0.2) is 173 Å². The summed E-state index contributed by atoms with van der Waals surface area (Å²) in [6, 6.07) is 0. The Hall–Kier alpha value is -1.72. The minimum Gasteiger partial charge on any atom is -0.462 e. The number of carbonyl (C=O) groups is 2. The zero-order valence-corrected chi connectivity index (χ0v) is 40.9. The molecule has 0 spiro atoms. The molecule has 67 heavy (non-hydrogen) atoms. The summed E-state index contributed by atoms with van der Waals surface area (Å²) in [6.07, 6.45) is -5.55. The fourth-order valence-electron chi connectivity index (χ4n) is 13.9. The van der Waals surface area contributed by atoms with Crippen LogP contribution in [0, 0.1) is 22.7 Å². The molecule has 24 unspecified atom stereocenters. The molecule has 18 nitrogen and oxygen atoms in total. The third-order valence-corrected chi connectivity index (χ3v) is 17.6. The number of aliphatic hydroxyl groups is 5. The summed E-state index contributed by atoms with van der Waals surface area (Å²) in [6.45, 7) is 14.0. The second-order valence-corrected chi connectivity index (χ2v) is 21.5. The van der Waals surface area contributed by atoms with Crippen LogP contribution in [-0.2, 0) is 61.7 Å². The van der Waals surface area contributed by atoms with E-state index < -0.39 is 144 Å². The number of ether oxygens (including phenoxy) is 11. The third-order valence-electron chi connectivity index (χ3n) is 17.6. The van der Waals surface area contributed by atoms with Gasteiger partial charge in [0.1, 0.15) is 47.5 Å². The Kier molecular flexibility index (Phi) is 15.2. The Labute approximate surface area is 394 Å². The van der Waals surface area contributed by atoms with Crippen LogP contribution >= 0.6 is 0 Å². The predicted molar refractivity (Wildman–Crippen MR) is 235 cm³/mol. The van der Waals surface area contributed by atoms with Gasteiger partial charge in [-0.05, 0) is 85.0 Å². The molecule has 0 aromatic rings. The van der Waals surface area contributed by atoms with E-state index in [0.717, 1.165) is 5.57 Å². The number of carbonyl (C=O) groups excluding carboxylic acids is 2. The van der Waals surface area contributed by atoms with Crippen molar-refractivity contribution in [3.63, 3.8) is 0 Å². The maximum absolute atomic E-state index is 13.0. The highest BCUT2D eigenvalue weighted by molar-refractivity contribution is 5.80. The summed E-state index contributed by atoms with van der Waals surface area (Å²) >= 11 is 0. The number of hydrogen-bond donors (Lipinski definition) is 5. The van der Waals surface area contributed by atoms with Crippen LogP contribution in [0.5, 0.6) is 0 Å². The van der Waals surface area contributed by atoms with Gasteiger partial charge in [-0.3, -0.25) is 9.59 Å². The lowest BCUT2D eigenvalue weighted by Gasteiger charge is -2.66. The lowest BCUT2D eigenvalue weighted by molar-refractivity contribution is -0.345. The van der Waals surface area contributed by atoms with E-state index in [0.29, 0.717) is 44.9 Å². The Morgan fingerprint density at radius 2 is 1.19 bits per heavy atom. The van der Waals surface area contributed by atoms with Crippen molar-refractivity contribution in [2.75, 3.05) is 14.2 Å². The van der Waals surface area contributed by atoms with Crippen molar-refractivity contribution in [3.8, 4) is 0 Å². The van der Waals surface area contributed by atoms with Crippen molar-refractivity contribution in [2.45, 2.75) is 248 Å². The van der Waals surface area contributed by atoms with E-state index in [-0.39, 0.29) is 37.6 Å². The molecular weight excluding hydrogens is 877 g/mol. The summed E-state index contributed by atoms with van der Waals surface area (Å²) < 4.78 is 67.6. The Bertz CT molecular complexity index is 1780. The SMILES string of the molecule is COC1CC(OC2C(O)CC(OC3C(O)CC(OC4C(C)OC(OC5CCC6(C)C(=CCC7(O)C6CC(OC(C)=O)C6(C)C(C(C)=O)CCC76O)C5)CC4OC)OC3C)OC2C)OC(C)C1O. The fraction of sp³-hybridized carbons (Fsp3) is 0.918. The smallest absolute Gasteiger partial charge is 0.302 e. The van der Waals surface area contributed by atoms with E-state index in [9.17, 15) is 35.1 Å². The lowest BCUT2D eigenvalue weighted by atomic mass is 9.43. The average Bonchev–Trinajstić information content (AvgIpc) is 3.56. The van der Waals surface area contributed by atoms with Gasteiger partial charge in [0.2, 0.25) is 0 Å². The Morgan fingerprint density at radius 1 is 0.672 bits per heavy atom. The first-order valence-electron chi connectivity index (χ1n) is 24.7. The van der Waals surface area contributed by atoms with Gasteiger partial charge in [0.05, 0.1) is 54.9 Å². The molecule has 382 valence electrons. The van der Waals surface area contributed by atoms with Gasteiger partial charge in [0.15, 0.2) is 25.2 Å². The zero-order chi connectivity index (χ0) is 48.5. The molecular formula is C49H78O18. The average molecular weight is 955 g/mol. The Balaban J connectivity index is 0.840. The zero-order valence-electron chi connectivity index (χ0n) is 40.9. The minimum atomic E-state index is -1.63. The quantitative estimate of drug-likeness (QED) is 0.140. The largest absolute Gasteiger partial charge is 0.462 e. The van der Waals surface area contributed by atoms with Crippen LogP contribution in [0.3, 0.4) is 0 Å². The van der Waals surface area contributed by atoms with Crippen LogP contribution in [0.2, 0.25) is 0 Å². The van der Waals surface area contributed by atoms with Gasteiger partial charge in [-0.1, -0.05) is 25.5 Å². The molecule has 0 aromatic heterocycles. The molecule has 8 aliphatic rings. The van der Waals surface area contributed by atoms with Crippen LogP contribution in [0.1, 0.15) is 126 Å². The highest BCUT2D eigenvalue weighted by Gasteiger charge is 2.77. The fourth-order valence-corrected chi connectivity index (χ4v) is 13.9. The van der Waals surface area contributed by atoms with Crippen molar-refractivity contribution >= 4 is 11.8 Å². The van der Waals surface area contributed by atoms with Crippen molar-refractivity contribution < 1.29 is 87.2 Å². The van der Waals surface area contributed by atoms with Crippen molar-refractivity contribution in [3.05, 3.63) is 11.6 Å². The molecule has 18 heteroatoms. The molecule has 0 aromatic carbocycles. The molecule has 8 rings (SSSR count). The summed E-state index contributed by atoms with van der Waals surface area (Å²) in [5.41, 5.74) is -3.66. The summed E-state index contributed by atoms with van der Waals surface area (Å²) in [5, 5.41) is 58.2. The Morgan fingerprint density at radius 3 is 1.75 bits per heavy atom. The molecule has 5 N–H and O–H groups in total. The van der Waals surface area contributed by atoms with Gasteiger partial charge < -0.3 is 77.6 Å². The number of hydrogen-bond acceptors (Lipinski definition) is 18. The molecule has 7 fully saturated rings. The van der Waals surface area contributed by atoms with E-state index in [4.69, 9.17) is 52.1 Å². The normalized spacial score (nSPS) is 52.3. The number of rotatable bonds is 12. The van der Waals surface area contributed by atoms with Crippen LogP contribution < -0.4 is 0 Å². The van der Waals surface area contributed by atoms with Crippen molar-refractivity contribution in [1.82, 2.24) is 0 Å². The van der Waals surface area contributed by atoms with Crippen LogP contribution in [0.15, 0.2) is 11.6 Å². The maximum Gasteiger partial charge on any atom is 0.302 e. The topological polar surface area (TPSA) is 237 Å². The molecule has 4 aliphatic carbocycles. The molecule has 4 heterocycles. The van der Waals surface area contributed by atoms with Gasteiger partial charge in [-0.25, -0.2) is 0 Å². The second kappa shape index (κ2) is 19.7. The predicted octanol–water partition coefficient (Wildman–Crippen LogP) is 3.12. The standard InChI is InChI=1S/C49H78O18/c1-23(50)31-13-16-49(56)47(31,8)37(63-28(6)51)22-36-46(7)14-12-30(17-29(46)11-15-48(36,49)55)64-40-21-35(58-10)45(27(5)62-40)67-39-19-33(53)43(25(3)61-39)65-38-18-32(52)44(26(4)60-38)66-41-20-34(57-9)42(54)24(2)59-41/h11,24-27,30-45,52-56H,12-22H2,1-10H3. The summed E-state index contributed by atoms with van der Waals surface area (Å²) in [7, 11) is 3.14. The lowest BCUT2D eigenvalue weighted by Crippen LogP contribution is -2.75. The van der Waals surface area contributed by atoms with Crippen molar-refractivity contribution in [1.29, 1.82) is 0 Å². The summed E-state index contributed by atoms with van der Waals surface area (Å²) in [5.74, 6) is -1.51. The number of ketones is 1. The van der Waals surface area contributed by atoms with E-state index in [1.54, 1.807) is 27.9 Å². The van der Waals surface area contributed by atoms with Crippen LogP contribution in [0.25, 0.3) is 0 Å². The van der Waals surface area contributed by atoms with Gasteiger partial charge in [0, 0.05) is 64.1 Å². The third kappa shape index (κ3) is 9.24. The van der Waals surface area contributed by atoms with E-state index in [1.165, 1.54) is 21.0 Å². The number of methoxy groups -OCH3 is 2. The van der Waals surface area contributed by atoms with E-state index >= 15 is 0 Å². The molecule has 3 saturated carbocycles. The first-order valence-corrected chi connectivity index (χ1v) is 24.7. The van der Waals surface area contributed by atoms with Crippen LogP contribution in [0.4, 0.5) is 0 Å². The number of Topliss-reactive ketones (excluding diaryl/α,β-unsaturated/α-hetero) is 1. The first-order chi connectivity index (χ1) is 31.6. The van der Waals surface area contributed by atoms with E-state index in [2.05, 4.69) is 13.0 Å². The van der Waals surface area contributed by atoms with E-state index in [1.807, 2.05) is 13.8 Å². The van der Waals surface area contributed by atoms with Gasteiger partial charge >= 0.3 is 5.97 Å². The second-order valence-electron chi connectivity index (χ2n) is 21.5. The highest BCUT2D eigenvalue weighted by Crippen LogP contribution is 2.70. The molecule has 0 bridgehead atoms. The maximum atomic E-state index is 13.0. The number of aliphatic hydroxyl groups excluding tert-OH is 3. The molecule has 24 atom stereocenters. The molecule has 0 amide bonds. The number of fused-ring (bicyclic) bond motifs is 5. The molecule has 0 radical (unpaired) electrons. The van der Waals surface area contributed by atoms with Gasteiger partial charge in [0.25, 0.3) is 0 Å². The first kappa shape index (κ1) is 51.6. The number of esters is 1. The van der Waals surface area contributed by atoms with Gasteiger partial charge in [-0.15, -0.1) is 0 Å². The monoisotopic (exact) mass is 955 g/mol. The minimum absolute atomic E-state index is 0.0761. The highest BCUT2D eigenvalue weighted by atomic mass is 16.8.